The molecule has 4 aromatic rings. The van der Waals surface area contributed by atoms with Gasteiger partial charge in [-0.15, -0.1) is 0 Å². The second-order valence-electron chi connectivity index (χ2n) is 19.6. The standard InChI is InChI=1S/C52H63F3N8O8S/c1-33(34-12-14-35(15-13-34)45-57-22-23-60(45)7)58-46(66)42-29-39(64)31-61(42)47(67)44(50(2,3)4)59-43(65)32-70-26-11-25-69-24-9-8-10-27-71-40-20-18-37(19-21-40)63-49(72)62(48(68)51(63,5)6)38-17-16-36(30-56)41(28-38)52(53,54)55/h12-23,28,33,39,42,44,64H,8-11,24-27,29,31-32H2,1-7H3,(H,58,66)(H,59,65)/t33-,39+,42-,44+/m0/s1. The van der Waals surface area contributed by atoms with E-state index < -0.39 is 70.1 Å². The summed E-state index contributed by atoms with van der Waals surface area (Å²) in [6.45, 7) is 11.9. The number of alkyl halides is 3. The molecule has 2 aliphatic rings. The molecule has 0 unspecified atom stereocenters. The van der Waals surface area contributed by atoms with E-state index in [-0.39, 0.29) is 43.0 Å². The van der Waals surface area contributed by atoms with Crippen LogP contribution in [0.25, 0.3) is 11.4 Å². The Morgan fingerprint density at radius 3 is 2.22 bits per heavy atom. The third kappa shape index (κ3) is 13.2. The largest absolute Gasteiger partial charge is 0.494 e. The van der Waals surface area contributed by atoms with Crippen molar-refractivity contribution in [3.05, 3.63) is 95.8 Å². The van der Waals surface area contributed by atoms with Gasteiger partial charge in [0, 0.05) is 63.5 Å². The lowest BCUT2D eigenvalue weighted by atomic mass is 9.85. The third-order valence-electron chi connectivity index (χ3n) is 12.6. The molecule has 4 atom stereocenters. The van der Waals surface area contributed by atoms with Crippen molar-refractivity contribution >= 4 is 52.3 Å². The Kier molecular flexibility index (Phi) is 17.9. The molecule has 3 heterocycles. The number of thiocarbonyl (C=S) groups is 1. The lowest BCUT2D eigenvalue weighted by Gasteiger charge is -2.35. The normalized spacial score (nSPS) is 17.7. The molecule has 4 amide bonds. The first-order valence-corrected chi connectivity index (χ1v) is 24.3. The number of carbonyl (C=O) groups is 4. The fraction of sp³-hybridized carbons (Fsp3) is 0.481. The minimum absolute atomic E-state index is 0.0000839. The maximum absolute atomic E-state index is 14.0. The van der Waals surface area contributed by atoms with E-state index in [0.29, 0.717) is 37.7 Å². The van der Waals surface area contributed by atoms with E-state index in [1.54, 1.807) is 55.3 Å². The van der Waals surface area contributed by atoms with Crippen molar-refractivity contribution in [2.75, 3.05) is 49.4 Å². The number of aliphatic hydroxyl groups excluding tert-OH is 1. The monoisotopic (exact) mass is 1020 g/mol. The van der Waals surface area contributed by atoms with Crippen molar-refractivity contribution in [3.63, 3.8) is 0 Å². The SMILES string of the molecule is C[C@H](NC(=O)[C@@H]1C[C@@H](O)CN1C(=O)[C@@H](NC(=O)COCCCOCCCCCOc1ccc(N2C(=S)N(c3ccc(C#N)c(C(F)(F)F)c3)C(=O)C2(C)C)cc1)C(C)(C)C)c1ccc(-c2nccn2C)cc1. The Bertz CT molecular complexity index is 2610. The topological polar surface area (TPSA) is 192 Å². The van der Waals surface area contributed by atoms with Crippen LogP contribution >= 0.6 is 12.2 Å². The van der Waals surface area contributed by atoms with E-state index in [4.69, 9.17) is 26.4 Å². The minimum atomic E-state index is -4.80. The number of rotatable bonds is 21. The van der Waals surface area contributed by atoms with E-state index in [1.165, 1.54) is 11.0 Å². The van der Waals surface area contributed by atoms with Gasteiger partial charge >= 0.3 is 6.18 Å². The molecule has 0 aliphatic carbocycles. The molecule has 386 valence electrons. The fourth-order valence-electron chi connectivity index (χ4n) is 8.63. The molecule has 2 aliphatic heterocycles. The molecule has 1 aromatic heterocycles. The van der Waals surface area contributed by atoms with Gasteiger partial charge in [-0.05, 0) is 112 Å². The second kappa shape index (κ2) is 23.4. The van der Waals surface area contributed by atoms with Gasteiger partial charge in [0.05, 0.1) is 41.6 Å². The van der Waals surface area contributed by atoms with Crippen LogP contribution < -0.4 is 25.2 Å². The molecule has 16 nitrogen and oxygen atoms in total. The summed E-state index contributed by atoms with van der Waals surface area (Å²) in [5, 5.41) is 25.6. The number of aromatic nitrogens is 2. The number of likely N-dealkylation sites (tertiary alicyclic amines) is 1. The van der Waals surface area contributed by atoms with Crippen molar-refractivity contribution in [1.29, 1.82) is 5.26 Å². The Balaban J connectivity index is 0.859. The Morgan fingerprint density at radius 2 is 1.58 bits per heavy atom. The molecular formula is C52H63F3N8O8S. The van der Waals surface area contributed by atoms with Gasteiger partial charge in [-0.1, -0.05) is 45.0 Å². The summed E-state index contributed by atoms with van der Waals surface area (Å²) in [5.74, 6) is -0.456. The van der Waals surface area contributed by atoms with E-state index in [0.717, 1.165) is 53.2 Å². The molecule has 6 rings (SSSR count). The van der Waals surface area contributed by atoms with Gasteiger partial charge in [0.15, 0.2) is 5.11 Å². The van der Waals surface area contributed by atoms with E-state index >= 15 is 0 Å². The second-order valence-corrected chi connectivity index (χ2v) is 19.9. The zero-order valence-corrected chi connectivity index (χ0v) is 42.4. The minimum Gasteiger partial charge on any atom is -0.494 e. The Hall–Kier alpha value is -6.40. The summed E-state index contributed by atoms with van der Waals surface area (Å²) in [4.78, 5) is 62.6. The lowest BCUT2D eigenvalue weighted by molar-refractivity contribution is -0.144. The number of aryl methyl sites for hydroxylation is 1. The zero-order chi connectivity index (χ0) is 52.5. The molecular weight excluding hydrogens is 954 g/mol. The average Bonchev–Trinajstić information content (AvgIpc) is 4.00. The van der Waals surface area contributed by atoms with Gasteiger partial charge in [0.1, 0.15) is 35.8 Å². The van der Waals surface area contributed by atoms with Crippen LogP contribution in [0.1, 0.15) is 96.4 Å². The van der Waals surface area contributed by atoms with Gasteiger partial charge < -0.3 is 44.3 Å². The number of carbonyl (C=O) groups excluding carboxylic acids is 4. The van der Waals surface area contributed by atoms with Crippen LogP contribution in [0.2, 0.25) is 0 Å². The Labute approximate surface area is 423 Å². The number of nitrogens with zero attached hydrogens (tertiary/aromatic N) is 6. The van der Waals surface area contributed by atoms with Crippen LogP contribution in [0.3, 0.4) is 0 Å². The highest BCUT2D eigenvalue weighted by atomic mass is 32.1. The van der Waals surface area contributed by atoms with Crippen LogP contribution in [0.15, 0.2) is 79.1 Å². The smallest absolute Gasteiger partial charge is 0.417 e. The summed E-state index contributed by atoms with van der Waals surface area (Å²) >= 11 is 5.63. The summed E-state index contributed by atoms with van der Waals surface area (Å²) in [7, 11) is 1.91. The van der Waals surface area contributed by atoms with Gasteiger partial charge in [-0.25, -0.2) is 4.98 Å². The molecule has 2 fully saturated rings. The number of hydrogen-bond donors (Lipinski definition) is 3. The lowest BCUT2D eigenvalue weighted by Crippen LogP contribution is -2.58. The van der Waals surface area contributed by atoms with Crippen molar-refractivity contribution in [2.24, 2.45) is 12.5 Å². The Morgan fingerprint density at radius 1 is 0.931 bits per heavy atom. The highest BCUT2D eigenvalue weighted by Crippen LogP contribution is 2.40. The number of unbranched alkanes of at least 4 members (excludes halogenated alkanes) is 2. The molecule has 3 N–H and O–H groups in total. The van der Waals surface area contributed by atoms with Gasteiger partial charge in [-0.2, -0.15) is 18.4 Å². The van der Waals surface area contributed by atoms with Gasteiger partial charge in [0.25, 0.3) is 5.91 Å². The number of nitriles is 1. The molecule has 20 heteroatoms. The van der Waals surface area contributed by atoms with Crippen molar-refractivity contribution in [1.82, 2.24) is 25.1 Å². The molecule has 72 heavy (non-hydrogen) atoms. The number of aliphatic hydroxyl groups is 1. The summed E-state index contributed by atoms with van der Waals surface area (Å²) < 4.78 is 60.3. The molecule has 3 aromatic carbocycles. The summed E-state index contributed by atoms with van der Waals surface area (Å²) in [5.41, 5.74) is -1.39. The molecule has 0 saturated carbocycles. The predicted octanol–water partition coefficient (Wildman–Crippen LogP) is 7.24. The molecule has 0 radical (unpaired) electrons. The third-order valence-corrected chi connectivity index (χ3v) is 13.0. The van der Waals surface area contributed by atoms with Gasteiger partial charge in [0.2, 0.25) is 17.7 Å². The van der Waals surface area contributed by atoms with Crippen LogP contribution in [0, 0.1) is 16.7 Å². The first kappa shape index (κ1) is 54.9. The number of halogens is 3. The molecule has 2 saturated heterocycles. The van der Waals surface area contributed by atoms with Crippen molar-refractivity contribution in [2.45, 2.75) is 110 Å². The van der Waals surface area contributed by atoms with Crippen molar-refractivity contribution in [3.8, 4) is 23.2 Å². The predicted molar refractivity (Wildman–Crippen MR) is 268 cm³/mol. The van der Waals surface area contributed by atoms with E-state index in [1.807, 2.05) is 69.8 Å². The average molecular weight is 1020 g/mol. The number of imidazole rings is 1. The van der Waals surface area contributed by atoms with Gasteiger partial charge in [-0.3, -0.25) is 24.1 Å². The maximum atomic E-state index is 14.0. The van der Waals surface area contributed by atoms with Crippen LogP contribution in [-0.4, -0.2) is 112 Å². The summed E-state index contributed by atoms with van der Waals surface area (Å²) in [6.07, 6.45) is 0.893. The van der Waals surface area contributed by atoms with Crippen molar-refractivity contribution < 1.29 is 51.7 Å². The number of nitrogens with one attached hydrogen (secondary N) is 2. The highest BCUT2D eigenvalue weighted by Gasteiger charge is 2.51. The van der Waals surface area contributed by atoms with Crippen LogP contribution in [0.4, 0.5) is 24.5 Å². The number of β-amino-alcohol motifs (C(OH)–C–C–N with tert-alkyl or cyclic N) is 1. The molecule has 0 bridgehead atoms. The quantitative estimate of drug-likeness (QED) is 0.0561. The fourth-order valence-corrected chi connectivity index (χ4v) is 9.16. The number of benzene rings is 3. The summed E-state index contributed by atoms with van der Waals surface area (Å²) in [6, 6.07) is 16.9. The number of ether oxygens (including phenoxy) is 3. The van der Waals surface area contributed by atoms with Crippen LogP contribution in [-0.2, 0) is 41.9 Å². The molecule has 0 spiro atoms. The van der Waals surface area contributed by atoms with E-state index in [2.05, 4.69) is 15.6 Å². The zero-order valence-electron chi connectivity index (χ0n) is 41.6. The number of amides is 4. The van der Waals surface area contributed by atoms with Crippen LogP contribution in [0.5, 0.6) is 5.75 Å². The first-order valence-electron chi connectivity index (χ1n) is 23.9. The highest BCUT2D eigenvalue weighted by molar-refractivity contribution is 7.81. The number of anilines is 2. The van der Waals surface area contributed by atoms with E-state index in [9.17, 15) is 42.7 Å². The number of hydrogen-bond acceptors (Lipinski definition) is 11. The first-order chi connectivity index (χ1) is 34.0. The maximum Gasteiger partial charge on any atom is 0.417 e.